The summed E-state index contributed by atoms with van der Waals surface area (Å²) >= 11 is 0. The standard InChI is InChI=1S/C11H16N2O/c1-3-4-5-11(14)13-10-7-6-9(2)8-12-10/h6-8H,3-5H2,1-2H3,(H,12,13,14). The Morgan fingerprint density at radius 1 is 1.50 bits per heavy atom. The van der Waals surface area contributed by atoms with Crippen LogP contribution in [0.5, 0.6) is 0 Å². The van der Waals surface area contributed by atoms with E-state index in [2.05, 4.69) is 17.2 Å². The van der Waals surface area contributed by atoms with Crippen LogP contribution in [0.2, 0.25) is 0 Å². The largest absolute Gasteiger partial charge is 0.311 e. The topological polar surface area (TPSA) is 42.0 Å². The van der Waals surface area contributed by atoms with Crippen molar-refractivity contribution >= 4 is 11.7 Å². The first-order chi connectivity index (χ1) is 6.72. The number of carbonyl (C=O) groups is 1. The lowest BCUT2D eigenvalue weighted by atomic mass is 10.2. The molecule has 1 aromatic heterocycles. The highest BCUT2D eigenvalue weighted by atomic mass is 16.1. The number of anilines is 1. The van der Waals surface area contributed by atoms with Gasteiger partial charge in [0.2, 0.25) is 5.91 Å². The van der Waals surface area contributed by atoms with Crippen molar-refractivity contribution in [1.82, 2.24) is 4.98 Å². The third-order valence-corrected chi connectivity index (χ3v) is 1.94. The molecule has 0 radical (unpaired) electrons. The number of rotatable bonds is 4. The molecule has 0 aliphatic heterocycles. The molecule has 0 aliphatic carbocycles. The van der Waals surface area contributed by atoms with E-state index < -0.39 is 0 Å². The second-order valence-corrected chi connectivity index (χ2v) is 3.37. The Kier molecular flexibility index (Phi) is 4.11. The van der Waals surface area contributed by atoms with Gasteiger partial charge in [0.15, 0.2) is 0 Å². The van der Waals surface area contributed by atoms with Crippen LogP contribution in [-0.2, 0) is 4.79 Å². The molecular weight excluding hydrogens is 176 g/mol. The van der Waals surface area contributed by atoms with Gasteiger partial charge < -0.3 is 5.32 Å². The van der Waals surface area contributed by atoms with Gasteiger partial charge in [0.25, 0.3) is 0 Å². The predicted molar refractivity (Wildman–Crippen MR) is 57.1 cm³/mol. The van der Waals surface area contributed by atoms with E-state index in [0.29, 0.717) is 12.2 Å². The SMILES string of the molecule is CCCCC(=O)Nc1ccc(C)cn1. The van der Waals surface area contributed by atoms with Crippen LogP contribution in [0.15, 0.2) is 18.3 Å². The molecule has 1 aromatic rings. The first kappa shape index (κ1) is 10.7. The maximum atomic E-state index is 11.3. The molecule has 0 saturated carbocycles. The average molecular weight is 192 g/mol. The van der Waals surface area contributed by atoms with Crippen LogP contribution in [0.1, 0.15) is 31.7 Å². The minimum atomic E-state index is 0.0446. The average Bonchev–Trinajstić information content (AvgIpc) is 2.18. The Hall–Kier alpha value is -1.38. The molecule has 14 heavy (non-hydrogen) atoms. The van der Waals surface area contributed by atoms with Crippen LogP contribution in [0.4, 0.5) is 5.82 Å². The smallest absolute Gasteiger partial charge is 0.225 e. The van der Waals surface area contributed by atoms with E-state index in [4.69, 9.17) is 0 Å². The normalized spacial score (nSPS) is 9.86. The Bertz CT molecular complexity index is 293. The molecule has 0 spiro atoms. The minimum absolute atomic E-state index is 0.0446. The van der Waals surface area contributed by atoms with Gasteiger partial charge in [0.05, 0.1) is 0 Å². The molecule has 76 valence electrons. The Balaban J connectivity index is 2.44. The number of hydrogen-bond acceptors (Lipinski definition) is 2. The first-order valence-electron chi connectivity index (χ1n) is 4.95. The lowest BCUT2D eigenvalue weighted by Crippen LogP contribution is -2.11. The molecule has 1 rings (SSSR count). The van der Waals surface area contributed by atoms with Crippen LogP contribution < -0.4 is 5.32 Å². The van der Waals surface area contributed by atoms with Gasteiger partial charge in [0.1, 0.15) is 5.82 Å². The summed E-state index contributed by atoms with van der Waals surface area (Å²) in [6.45, 7) is 4.03. The molecule has 3 heteroatoms. The summed E-state index contributed by atoms with van der Waals surface area (Å²) in [5.74, 6) is 0.680. The molecule has 0 unspecified atom stereocenters. The zero-order valence-electron chi connectivity index (χ0n) is 8.71. The van der Waals surface area contributed by atoms with Crippen molar-refractivity contribution in [3.63, 3.8) is 0 Å². The summed E-state index contributed by atoms with van der Waals surface area (Å²) < 4.78 is 0. The molecule has 1 heterocycles. The Labute approximate surface area is 84.6 Å². The zero-order chi connectivity index (χ0) is 10.4. The highest BCUT2D eigenvalue weighted by molar-refractivity contribution is 5.89. The number of carbonyl (C=O) groups excluding carboxylic acids is 1. The van der Waals surface area contributed by atoms with E-state index in [-0.39, 0.29) is 5.91 Å². The van der Waals surface area contributed by atoms with Gasteiger partial charge in [-0.25, -0.2) is 4.98 Å². The molecule has 0 fully saturated rings. The van der Waals surface area contributed by atoms with Crippen LogP contribution in [0, 0.1) is 6.92 Å². The van der Waals surface area contributed by atoms with Gasteiger partial charge >= 0.3 is 0 Å². The number of hydrogen-bond donors (Lipinski definition) is 1. The van der Waals surface area contributed by atoms with Crippen molar-refractivity contribution < 1.29 is 4.79 Å². The highest BCUT2D eigenvalue weighted by Crippen LogP contribution is 2.05. The highest BCUT2D eigenvalue weighted by Gasteiger charge is 2.01. The van der Waals surface area contributed by atoms with Crippen molar-refractivity contribution in [3.8, 4) is 0 Å². The monoisotopic (exact) mass is 192 g/mol. The minimum Gasteiger partial charge on any atom is -0.311 e. The van der Waals surface area contributed by atoms with Crippen molar-refractivity contribution in [2.45, 2.75) is 33.1 Å². The number of nitrogens with one attached hydrogen (secondary N) is 1. The van der Waals surface area contributed by atoms with E-state index in [1.807, 2.05) is 19.1 Å². The maximum absolute atomic E-state index is 11.3. The summed E-state index contributed by atoms with van der Waals surface area (Å²) in [4.78, 5) is 15.4. The zero-order valence-corrected chi connectivity index (χ0v) is 8.71. The summed E-state index contributed by atoms with van der Waals surface area (Å²) in [5, 5.41) is 2.75. The number of pyridine rings is 1. The van der Waals surface area contributed by atoms with E-state index >= 15 is 0 Å². The fourth-order valence-electron chi connectivity index (χ4n) is 1.08. The molecule has 0 aliphatic rings. The number of nitrogens with zero attached hydrogens (tertiary/aromatic N) is 1. The van der Waals surface area contributed by atoms with Crippen LogP contribution in [-0.4, -0.2) is 10.9 Å². The van der Waals surface area contributed by atoms with E-state index in [1.165, 1.54) is 0 Å². The predicted octanol–water partition coefficient (Wildman–Crippen LogP) is 2.52. The van der Waals surface area contributed by atoms with Crippen LogP contribution >= 0.6 is 0 Å². The molecule has 0 bridgehead atoms. The second-order valence-electron chi connectivity index (χ2n) is 3.37. The molecule has 1 N–H and O–H groups in total. The molecule has 1 amide bonds. The van der Waals surface area contributed by atoms with Gasteiger partial charge in [-0.15, -0.1) is 0 Å². The fraction of sp³-hybridized carbons (Fsp3) is 0.455. The summed E-state index contributed by atoms with van der Waals surface area (Å²) in [6.07, 6.45) is 4.29. The van der Waals surface area contributed by atoms with Crippen molar-refractivity contribution in [2.24, 2.45) is 0 Å². The maximum Gasteiger partial charge on any atom is 0.225 e. The van der Waals surface area contributed by atoms with E-state index in [9.17, 15) is 4.79 Å². The van der Waals surface area contributed by atoms with Crippen molar-refractivity contribution in [2.75, 3.05) is 5.32 Å². The quantitative estimate of drug-likeness (QED) is 0.796. The molecular formula is C11H16N2O. The summed E-state index contributed by atoms with van der Waals surface area (Å²) in [7, 11) is 0. The molecule has 0 aromatic carbocycles. The van der Waals surface area contributed by atoms with E-state index in [0.717, 1.165) is 18.4 Å². The fourth-order valence-corrected chi connectivity index (χ4v) is 1.08. The summed E-state index contributed by atoms with van der Waals surface area (Å²) in [6, 6.07) is 3.75. The lowest BCUT2D eigenvalue weighted by molar-refractivity contribution is -0.116. The number of amides is 1. The number of aromatic nitrogens is 1. The van der Waals surface area contributed by atoms with Crippen LogP contribution in [0.3, 0.4) is 0 Å². The Morgan fingerprint density at radius 2 is 2.29 bits per heavy atom. The van der Waals surface area contributed by atoms with Gasteiger partial charge in [-0.2, -0.15) is 0 Å². The third-order valence-electron chi connectivity index (χ3n) is 1.94. The van der Waals surface area contributed by atoms with Gasteiger partial charge in [-0.1, -0.05) is 19.4 Å². The summed E-state index contributed by atoms with van der Waals surface area (Å²) in [5.41, 5.74) is 1.09. The third kappa shape index (κ3) is 3.56. The second kappa shape index (κ2) is 5.37. The van der Waals surface area contributed by atoms with Crippen molar-refractivity contribution in [3.05, 3.63) is 23.9 Å². The first-order valence-corrected chi connectivity index (χ1v) is 4.95. The van der Waals surface area contributed by atoms with Crippen LogP contribution in [0.25, 0.3) is 0 Å². The Morgan fingerprint density at radius 3 is 2.86 bits per heavy atom. The number of aryl methyl sites for hydroxylation is 1. The van der Waals surface area contributed by atoms with Gasteiger partial charge in [-0.3, -0.25) is 4.79 Å². The van der Waals surface area contributed by atoms with Gasteiger partial charge in [0, 0.05) is 12.6 Å². The molecule has 0 atom stereocenters. The van der Waals surface area contributed by atoms with Gasteiger partial charge in [-0.05, 0) is 25.0 Å². The molecule has 0 saturated heterocycles. The van der Waals surface area contributed by atoms with Crippen molar-refractivity contribution in [1.29, 1.82) is 0 Å². The lowest BCUT2D eigenvalue weighted by Gasteiger charge is -2.03. The molecule has 3 nitrogen and oxygen atoms in total. The van der Waals surface area contributed by atoms with E-state index in [1.54, 1.807) is 6.20 Å². The number of unbranched alkanes of at least 4 members (excludes halogenated alkanes) is 1.